The van der Waals surface area contributed by atoms with Crippen molar-refractivity contribution < 1.29 is 9.21 Å². The lowest BCUT2D eigenvalue weighted by molar-refractivity contribution is -0.115. The van der Waals surface area contributed by atoms with Crippen molar-refractivity contribution in [2.75, 3.05) is 42.9 Å². The lowest BCUT2D eigenvalue weighted by Crippen LogP contribution is -2.46. The smallest absolute Gasteiger partial charge is 0.228 e. The molecule has 29 heavy (non-hydrogen) atoms. The molecule has 0 saturated carbocycles. The van der Waals surface area contributed by atoms with Gasteiger partial charge < -0.3 is 19.5 Å². The molecule has 0 atom stereocenters. The number of para-hydroxylation sites is 2. The molecule has 152 valence electrons. The summed E-state index contributed by atoms with van der Waals surface area (Å²) in [5, 5.41) is 4.14. The van der Waals surface area contributed by atoms with E-state index in [0.29, 0.717) is 6.42 Å². The van der Waals surface area contributed by atoms with Crippen LogP contribution in [0, 0.1) is 0 Å². The van der Waals surface area contributed by atoms with E-state index < -0.39 is 0 Å². The van der Waals surface area contributed by atoms with Crippen molar-refractivity contribution in [1.29, 1.82) is 0 Å². The van der Waals surface area contributed by atoms with Crippen molar-refractivity contribution in [2.24, 2.45) is 0 Å². The molecule has 5 heteroatoms. The Morgan fingerprint density at radius 3 is 2.62 bits per heavy atom. The highest BCUT2D eigenvalue weighted by molar-refractivity contribution is 5.97. The molecule has 1 fully saturated rings. The molecule has 0 radical (unpaired) electrons. The summed E-state index contributed by atoms with van der Waals surface area (Å²) in [6, 6.07) is 14.3. The predicted molar refractivity (Wildman–Crippen MR) is 119 cm³/mol. The Balaban J connectivity index is 1.47. The number of nitrogens with one attached hydrogen (secondary N) is 1. The van der Waals surface area contributed by atoms with Gasteiger partial charge in [0.25, 0.3) is 0 Å². The van der Waals surface area contributed by atoms with E-state index in [1.54, 1.807) is 6.26 Å². The van der Waals surface area contributed by atoms with Gasteiger partial charge in [-0.3, -0.25) is 4.79 Å². The lowest BCUT2D eigenvalue weighted by Gasteiger charge is -2.36. The van der Waals surface area contributed by atoms with Crippen molar-refractivity contribution in [1.82, 2.24) is 4.90 Å². The third kappa shape index (κ3) is 4.30. The number of piperazine rings is 1. The number of carbonyl (C=O) groups excluding carboxylic acids is 1. The summed E-state index contributed by atoms with van der Waals surface area (Å²) in [5.74, 6) is -0.0214. The van der Waals surface area contributed by atoms with Crippen LogP contribution in [0.15, 0.2) is 53.1 Å². The number of fused-ring (bicyclic) bond motifs is 1. The Bertz CT molecular complexity index is 987. The molecular weight excluding hydrogens is 362 g/mol. The maximum absolute atomic E-state index is 12.8. The van der Waals surface area contributed by atoms with E-state index in [9.17, 15) is 4.79 Å². The average molecular weight is 392 g/mol. The molecule has 0 unspecified atom stereocenters. The molecule has 1 saturated heterocycles. The molecule has 0 bridgehead atoms. The summed E-state index contributed by atoms with van der Waals surface area (Å²) in [7, 11) is 0. The van der Waals surface area contributed by atoms with E-state index >= 15 is 0 Å². The summed E-state index contributed by atoms with van der Waals surface area (Å²) in [4.78, 5) is 17.6. The minimum atomic E-state index is -0.0214. The SMILES string of the molecule is CCc1ccc2c(CC(=O)Nc3ccccc3N3CCN(CC)CC3)coc2c1. The van der Waals surface area contributed by atoms with E-state index in [0.717, 1.165) is 67.1 Å². The number of rotatable bonds is 6. The van der Waals surface area contributed by atoms with Gasteiger partial charge in [-0.2, -0.15) is 0 Å². The zero-order valence-electron chi connectivity index (χ0n) is 17.3. The first-order valence-electron chi connectivity index (χ1n) is 10.5. The highest BCUT2D eigenvalue weighted by atomic mass is 16.3. The third-order valence-corrected chi connectivity index (χ3v) is 5.82. The van der Waals surface area contributed by atoms with E-state index in [1.165, 1.54) is 5.56 Å². The normalized spacial score (nSPS) is 15.0. The van der Waals surface area contributed by atoms with Crippen LogP contribution >= 0.6 is 0 Å². The monoisotopic (exact) mass is 391 g/mol. The topological polar surface area (TPSA) is 48.7 Å². The fourth-order valence-electron chi connectivity index (χ4n) is 4.01. The molecule has 1 N–H and O–H groups in total. The number of benzene rings is 2. The summed E-state index contributed by atoms with van der Waals surface area (Å²) < 4.78 is 5.69. The first kappa shape index (κ1) is 19.5. The quantitative estimate of drug-likeness (QED) is 0.680. The molecule has 2 aromatic carbocycles. The summed E-state index contributed by atoms with van der Waals surface area (Å²) in [6.45, 7) is 9.48. The maximum Gasteiger partial charge on any atom is 0.228 e. The Morgan fingerprint density at radius 2 is 1.86 bits per heavy atom. The number of furan rings is 1. The molecule has 1 aliphatic rings. The van der Waals surface area contributed by atoms with Crippen molar-refractivity contribution in [3.63, 3.8) is 0 Å². The maximum atomic E-state index is 12.8. The van der Waals surface area contributed by atoms with Crippen LogP contribution in [-0.4, -0.2) is 43.5 Å². The van der Waals surface area contributed by atoms with E-state index in [-0.39, 0.29) is 5.91 Å². The second-order valence-electron chi connectivity index (χ2n) is 7.61. The van der Waals surface area contributed by atoms with Crippen LogP contribution in [0.2, 0.25) is 0 Å². The van der Waals surface area contributed by atoms with Gasteiger partial charge in [-0.05, 0) is 36.7 Å². The standard InChI is InChI=1S/C24H29N3O2/c1-3-18-9-10-20-19(17-29-23(20)15-18)16-24(28)25-21-7-5-6-8-22(21)27-13-11-26(4-2)12-14-27/h5-10,15,17H,3-4,11-14,16H2,1-2H3,(H,25,28). The van der Waals surface area contributed by atoms with Crippen molar-refractivity contribution in [3.05, 3.63) is 59.9 Å². The number of likely N-dealkylation sites (N-methyl/N-ethyl adjacent to an activating group) is 1. The van der Waals surface area contributed by atoms with E-state index in [1.807, 2.05) is 18.2 Å². The van der Waals surface area contributed by atoms with Crippen LogP contribution in [-0.2, 0) is 17.6 Å². The highest BCUT2D eigenvalue weighted by Crippen LogP contribution is 2.28. The molecule has 1 aromatic heterocycles. The average Bonchev–Trinajstić information content (AvgIpc) is 3.16. The van der Waals surface area contributed by atoms with E-state index in [4.69, 9.17) is 4.42 Å². The Hall–Kier alpha value is -2.79. The van der Waals surface area contributed by atoms with Crippen LogP contribution in [0.5, 0.6) is 0 Å². The molecule has 1 amide bonds. The number of hydrogen-bond acceptors (Lipinski definition) is 4. The third-order valence-electron chi connectivity index (χ3n) is 5.82. The van der Waals surface area contributed by atoms with Gasteiger partial charge in [-0.1, -0.05) is 38.1 Å². The van der Waals surface area contributed by atoms with Gasteiger partial charge in [0.2, 0.25) is 5.91 Å². The number of carbonyl (C=O) groups is 1. The van der Waals surface area contributed by atoms with Crippen molar-refractivity contribution in [3.8, 4) is 0 Å². The summed E-state index contributed by atoms with van der Waals surface area (Å²) >= 11 is 0. The minimum absolute atomic E-state index is 0.0214. The number of nitrogens with zero attached hydrogens (tertiary/aromatic N) is 2. The number of anilines is 2. The van der Waals surface area contributed by atoms with E-state index in [2.05, 4.69) is 53.2 Å². The zero-order valence-corrected chi connectivity index (χ0v) is 17.3. The molecular formula is C24H29N3O2. The Morgan fingerprint density at radius 1 is 1.07 bits per heavy atom. The first-order chi connectivity index (χ1) is 14.2. The number of hydrogen-bond donors (Lipinski definition) is 1. The van der Waals surface area contributed by atoms with Crippen LogP contribution < -0.4 is 10.2 Å². The van der Waals surface area contributed by atoms with Crippen LogP contribution in [0.1, 0.15) is 25.0 Å². The number of amides is 1. The van der Waals surface area contributed by atoms with Gasteiger partial charge in [0.05, 0.1) is 24.1 Å². The lowest BCUT2D eigenvalue weighted by atomic mass is 10.1. The van der Waals surface area contributed by atoms with Crippen LogP contribution in [0.3, 0.4) is 0 Å². The van der Waals surface area contributed by atoms with Gasteiger partial charge in [-0.25, -0.2) is 0 Å². The number of aryl methyl sites for hydroxylation is 1. The van der Waals surface area contributed by atoms with Gasteiger partial charge in [0.1, 0.15) is 5.58 Å². The fraction of sp³-hybridized carbons (Fsp3) is 0.375. The minimum Gasteiger partial charge on any atom is -0.464 e. The molecule has 5 nitrogen and oxygen atoms in total. The summed E-state index contributed by atoms with van der Waals surface area (Å²) in [6.07, 6.45) is 2.98. The fourth-order valence-corrected chi connectivity index (χ4v) is 4.01. The summed E-state index contributed by atoms with van der Waals surface area (Å²) in [5.41, 5.74) is 4.99. The molecule has 3 aromatic rings. The Labute approximate surface area is 172 Å². The van der Waals surface area contributed by atoms with Gasteiger partial charge >= 0.3 is 0 Å². The Kier molecular flexibility index (Phi) is 5.86. The molecule has 1 aliphatic heterocycles. The molecule has 4 rings (SSSR count). The second kappa shape index (κ2) is 8.70. The molecule has 0 aliphatic carbocycles. The largest absolute Gasteiger partial charge is 0.464 e. The van der Waals surface area contributed by atoms with Gasteiger partial charge in [0.15, 0.2) is 0 Å². The van der Waals surface area contributed by atoms with Gasteiger partial charge in [-0.15, -0.1) is 0 Å². The zero-order chi connectivity index (χ0) is 20.2. The van der Waals surface area contributed by atoms with Crippen LogP contribution in [0.4, 0.5) is 11.4 Å². The second-order valence-corrected chi connectivity index (χ2v) is 7.61. The van der Waals surface area contributed by atoms with Gasteiger partial charge in [0, 0.05) is 37.1 Å². The molecule has 0 spiro atoms. The van der Waals surface area contributed by atoms with Crippen LogP contribution in [0.25, 0.3) is 11.0 Å². The van der Waals surface area contributed by atoms with Crippen molar-refractivity contribution >= 4 is 28.3 Å². The highest BCUT2D eigenvalue weighted by Gasteiger charge is 2.19. The first-order valence-corrected chi connectivity index (χ1v) is 10.5. The van der Waals surface area contributed by atoms with Crippen molar-refractivity contribution in [2.45, 2.75) is 26.7 Å². The molecule has 2 heterocycles. The predicted octanol–water partition coefficient (Wildman–Crippen LogP) is 4.32.